The molecule has 0 radical (unpaired) electrons. The van der Waals surface area contributed by atoms with Crippen molar-refractivity contribution in [1.29, 1.82) is 0 Å². The molecule has 0 bridgehead atoms. The summed E-state index contributed by atoms with van der Waals surface area (Å²) in [5.41, 5.74) is -3.97. The van der Waals surface area contributed by atoms with Crippen molar-refractivity contribution in [2.24, 2.45) is 0 Å². The zero-order chi connectivity index (χ0) is 20.6. The Morgan fingerprint density at radius 1 is 0.852 bits per heavy atom. The van der Waals surface area contributed by atoms with Crippen molar-refractivity contribution >= 4 is 5.97 Å². The lowest BCUT2D eigenvalue weighted by atomic mass is 10.1. The van der Waals surface area contributed by atoms with Crippen molar-refractivity contribution in [1.82, 2.24) is 0 Å². The summed E-state index contributed by atoms with van der Waals surface area (Å²) in [6, 6.07) is 0.993. The van der Waals surface area contributed by atoms with Crippen LogP contribution in [-0.2, 0) is 23.6 Å². The molecule has 0 spiro atoms. The van der Waals surface area contributed by atoms with Crippen LogP contribution in [0.25, 0.3) is 0 Å². The minimum Gasteiger partial charge on any atom is -0.481 e. The van der Waals surface area contributed by atoms with E-state index in [1.54, 1.807) is 0 Å². The fourth-order valence-electron chi connectivity index (χ4n) is 2.06. The predicted molar refractivity (Wildman–Crippen MR) is 74.2 cm³/mol. The van der Waals surface area contributed by atoms with Crippen LogP contribution in [0.1, 0.15) is 16.7 Å². The number of hydrogen-bond donors (Lipinski definition) is 1. The second-order valence-electron chi connectivity index (χ2n) is 5.29. The Hall–Kier alpha value is -2.85. The van der Waals surface area contributed by atoms with Crippen LogP contribution in [0.5, 0.6) is 11.5 Å². The van der Waals surface area contributed by atoms with Gasteiger partial charge in [-0.1, -0.05) is 0 Å². The number of halogens is 8. The molecule has 3 nitrogen and oxygen atoms in total. The third-order valence-corrected chi connectivity index (χ3v) is 3.23. The summed E-state index contributed by atoms with van der Waals surface area (Å²) in [6.07, 6.45) is -11.2. The van der Waals surface area contributed by atoms with Gasteiger partial charge in [-0.3, -0.25) is 4.79 Å². The van der Waals surface area contributed by atoms with Crippen LogP contribution < -0.4 is 4.74 Å². The van der Waals surface area contributed by atoms with Crippen molar-refractivity contribution in [3.05, 3.63) is 58.7 Å². The molecule has 1 N–H and O–H groups in total. The molecule has 0 heterocycles. The van der Waals surface area contributed by atoms with E-state index in [1.807, 2.05) is 0 Å². The van der Waals surface area contributed by atoms with E-state index in [4.69, 9.17) is 5.11 Å². The molecule has 0 saturated heterocycles. The Kier molecular flexibility index (Phi) is 5.34. The smallest absolute Gasteiger partial charge is 0.416 e. The summed E-state index contributed by atoms with van der Waals surface area (Å²) in [7, 11) is 0. The molecule has 0 fully saturated rings. The summed E-state index contributed by atoms with van der Waals surface area (Å²) in [6.45, 7) is 0. The predicted octanol–water partition coefficient (Wildman–Crippen LogP) is 5.42. The summed E-state index contributed by atoms with van der Waals surface area (Å²) >= 11 is 0. The Labute approximate surface area is 145 Å². The SMILES string of the molecule is O=C(O)Cc1cc(F)c(Oc2cc(C(F)(F)F)cc(C(F)(F)F)c2)cc1F. The second kappa shape index (κ2) is 7.05. The molecule has 2 rings (SSSR count). The Bertz CT molecular complexity index is 839. The van der Waals surface area contributed by atoms with E-state index in [-0.39, 0.29) is 18.2 Å². The third kappa shape index (κ3) is 5.08. The monoisotopic (exact) mass is 400 g/mol. The summed E-state index contributed by atoms with van der Waals surface area (Å²) in [4.78, 5) is 10.5. The van der Waals surface area contributed by atoms with Gasteiger partial charge in [-0.15, -0.1) is 0 Å². The quantitative estimate of drug-likeness (QED) is 0.697. The molecular weight excluding hydrogens is 392 g/mol. The van der Waals surface area contributed by atoms with E-state index < -0.39 is 64.6 Å². The molecule has 2 aromatic carbocycles. The first-order chi connectivity index (χ1) is 12.3. The van der Waals surface area contributed by atoms with Crippen molar-refractivity contribution in [3.63, 3.8) is 0 Å². The maximum Gasteiger partial charge on any atom is 0.416 e. The highest BCUT2D eigenvalue weighted by atomic mass is 19.4. The highest BCUT2D eigenvalue weighted by molar-refractivity contribution is 5.70. The van der Waals surface area contributed by atoms with E-state index >= 15 is 0 Å². The molecule has 0 aliphatic heterocycles. The largest absolute Gasteiger partial charge is 0.481 e. The number of carboxylic acids is 1. The Morgan fingerprint density at radius 2 is 1.37 bits per heavy atom. The zero-order valence-electron chi connectivity index (χ0n) is 12.9. The first-order valence-electron chi connectivity index (χ1n) is 6.94. The number of alkyl halides is 6. The molecule has 0 aliphatic rings. The maximum atomic E-state index is 13.9. The number of hydrogen-bond acceptors (Lipinski definition) is 2. The van der Waals surface area contributed by atoms with Gasteiger partial charge in [0, 0.05) is 11.6 Å². The molecule has 0 aliphatic carbocycles. The van der Waals surface area contributed by atoms with Gasteiger partial charge in [0.2, 0.25) is 0 Å². The van der Waals surface area contributed by atoms with Crippen LogP contribution in [0.15, 0.2) is 30.3 Å². The molecule has 0 unspecified atom stereocenters. The van der Waals surface area contributed by atoms with Crippen molar-refractivity contribution in [2.45, 2.75) is 18.8 Å². The van der Waals surface area contributed by atoms with Gasteiger partial charge in [-0.25, -0.2) is 8.78 Å². The van der Waals surface area contributed by atoms with Gasteiger partial charge in [0.1, 0.15) is 11.6 Å². The van der Waals surface area contributed by atoms with E-state index in [9.17, 15) is 39.9 Å². The average molecular weight is 400 g/mol. The topological polar surface area (TPSA) is 46.5 Å². The molecule has 11 heteroatoms. The molecule has 0 saturated carbocycles. The molecule has 27 heavy (non-hydrogen) atoms. The summed E-state index contributed by atoms with van der Waals surface area (Å²) in [5, 5.41) is 8.57. The number of carbonyl (C=O) groups is 1. The molecule has 0 atom stereocenters. The normalized spacial score (nSPS) is 12.1. The summed E-state index contributed by atoms with van der Waals surface area (Å²) in [5.74, 6) is -6.12. The minimum absolute atomic E-state index is 0.153. The van der Waals surface area contributed by atoms with Crippen molar-refractivity contribution in [2.75, 3.05) is 0 Å². The van der Waals surface area contributed by atoms with Crippen molar-refractivity contribution in [3.8, 4) is 11.5 Å². The number of rotatable bonds is 4. The lowest BCUT2D eigenvalue weighted by Gasteiger charge is -2.15. The van der Waals surface area contributed by atoms with Gasteiger partial charge in [-0.2, -0.15) is 26.3 Å². The lowest BCUT2D eigenvalue weighted by Crippen LogP contribution is -2.11. The van der Waals surface area contributed by atoms with Crippen molar-refractivity contribution < 1.29 is 49.8 Å². The lowest BCUT2D eigenvalue weighted by molar-refractivity contribution is -0.143. The fraction of sp³-hybridized carbons (Fsp3) is 0.188. The van der Waals surface area contributed by atoms with Gasteiger partial charge < -0.3 is 9.84 Å². The van der Waals surface area contributed by atoms with E-state index in [0.29, 0.717) is 12.1 Å². The van der Waals surface area contributed by atoms with Crippen LogP contribution in [0.3, 0.4) is 0 Å². The second-order valence-corrected chi connectivity index (χ2v) is 5.29. The molecule has 146 valence electrons. The van der Waals surface area contributed by atoms with E-state index in [1.165, 1.54) is 0 Å². The molecule has 0 aromatic heterocycles. The van der Waals surface area contributed by atoms with Gasteiger partial charge in [0.25, 0.3) is 0 Å². The number of aliphatic carboxylic acids is 1. The van der Waals surface area contributed by atoms with E-state index in [2.05, 4.69) is 4.74 Å². The van der Waals surface area contributed by atoms with Crippen LogP contribution in [0.4, 0.5) is 35.1 Å². The number of ether oxygens (including phenoxy) is 1. The van der Waals surface area contributed by atoms with Gasteiger partial charge in [-0.05, 0) is 24.3 Å². The van der Waals surface area contributed by atoms with Crippen LogP contribution in [0.2, 0.25) is 0 Å². The van der Waals surface area contributed by atoms with E-state index in [0.717, 1.165) is 0 Å². The highest BCUT2D eigenvalue weighted by Crippen LogP contribution is 2.39. The first kappa shape index (κ1) is 20.5. The minimum atomic E-state index is -5.14. The Morgan fingerprint density at radius 3 is 1.81 bits per heavy atom. The fourth-order valence-corrected chi connectivity index (χ4v) is 2.06. The maximum absolute atomic E-state index is 13.9. The van der Waals surface area contributed by atoms with Crippen LogP contribution in [0, 0.1) is 11.6 Å². The van der Waals surface area contributed by atoms with Crippen LogP contribution >= 0.6 is 0 Å². The third-order valence-electron chi connectivity index (χ3n) is 3.23. The number of benzene rings is 2. The zero-order valence-corrected chi connectivity index (χ0v) is 12.9. The van der Waals surface area contributed by atoms with Gasteiger partial charge in [0.15, 0.2) is 11.6 Å². The standard InChI is InChI=1S/C16H8F8O3/c17-11-6-13(12(18)1-7(11)2-14(25)26)27-10-4-8(15(19,20)21)3-9(5-10)16(22,23)24/h1,3-6H,2H2,(H,25,26). The average Bonchev–Trinajstić information content (AvgIpc) is 2.49. The Balaban J connectivity index is 2.48. The summed E-state index contributed by atoms with van der Waals surface area (Å²) < 4.78 is 109. The first-order valence-corrected chi connectivity index (χ1v) is 6.94. The molecule has 0 amide bonds. The van der Waals surface area contributed by atoms with Gasteiger partial charge in [0.05, 0.1) is 17.5 Å². The van der Waals surface area contributed by atoms with Gasteiger partial charge >= 0.3 is 18.3 Å². The number of carboxylic acid groups (broad SMARTS) is 1. The molecular formula is C16H8F8O3. The molecule has 2 aromatic rings. The highest BCUT2D eigenvalue weighted by Gasteiger charge is 2.37. The van der Waals surface area contributed by atoms with Crippen LogP contribution in [-0.4, -0.2) is 11.1 Å².